The van der Waals surface area contributed by atoms with Gasteiger partial charge < -0.3 is 9.80 Å². The maximum Gasteiger partial charge on any atom is 0.0464 e. The summed E-state index contributed by atoms with van der Waals surface area (Å²) in [5.41, 5.74) is 10.2. The standard InChI is InChI=1S/C38H34N2/c1-4-13-33(14-5-2)40(38-20-12-15-30(3)29-38)37-27-23-32(24-28-37)31-21-25-36(26-22-31)39(34-16-8-6-9-17-34)35-18-10-7-11-19-35/h4-29H,1H2,2-3H3/b14-5-,33-13+. The Labute approximate surface area is 238 Å². The number of anilines is 5. The first-order valence-electron chi connectivity index (χ1n) is 13.6. The van der Waals surface area contributed by atoms with Crippen LogP contribution in [0, 0.1) is 6.92 Å². The summed E-state index contributed by atoms with van der Waals surface area (Å²) in [7, 11) is 0. The Morgan fingerprint density at radius 1 is 0.575 bits per heavy atom. The third kappa shape index (κ3) is 5.98. The highest BCUT2D eigenvalue weighted by molar-refractivity contribution is 5.79. The fraction of sp³-hybridized carbons (Fsp3) is 0.0526. The molecule has 0 amide bonds. The lowest BCUT2D eigenvalue weighted by Gasteiger charge is -2.27. The van der Waals surface area contributed by atoms with Crippen LogP contribution in [-0.2, 0) is 0 Å². The molecule has 40 heavy (non-hydrogen) atoms. The van der Waals surface area contributed by atoms with Crippen LogP contribution in [-0.4, -0.2) is 0 Å². The molecule has 5 aromatic carbocycles. The van der Waals surface area contributed by atoms with Gasteiger partial charge in [-0.1, -0.05) is 91.5 Å². The molecule has 0 fully saturated rings. The van der Waals surface area contributed by atoms with Gasteiger partial charge in [-0.3, -0.25) is 0 Å². The molecule has 0 spiro atoms. The van der Waals surface area contributed by atoms with Gasteiger partial charge >= 0.3 is 0 Å². The van der Waals surface area contributed by atoms with Gasteiger partial charge in [0.25, 0.3) is 0 Å². The summed E-state index contributed by atoms with van der Waals surface area (Å²) in [6.07, 6.45) is 8.05. The summed E-state index contributed by atoms with van der Waals surface area (Å²) in [5, 5.41) is 0. The fourth-order valence-electron chi connectivity index (χ4n) is 4.92. The molecule has 0 aliphatic heterocycles. The maximum atomic E-state index is 3.94. The van der Waals surface area contributed by atoms with Gasteiger partial charge in [-0.2, -0.15) is 0 Å². The second-order valence-electron chi connectivity index (χ2n) is 9.60. The molecular formula is C38H34N2. The van der Waals surface area contributed by atoms with E-state index >= 15 is 0 Å². The van der Waals surface area contributed by atoms with Crippen molar-refractivity contribution in [2.45, 2.75) is 13.8 Å². The number of nitrogens with zero attached hydrogens (tertiary/aromatic N) is 2. The van der Waals surface area contributed by atoms with Crippen molar-refractivity contribution >= 4 is 28.4 Å². The third-order valence-corrected chi connectivity index (χ3v) is 6.76. The van der Waals surface area contributed by atoms with Crippen molar-refractivity contribution in [2.24, 2.45) is 0 Å². The van der Waals surface area contributed by atoms with Crippen molar-refractivity contribution in [1.82, 2.24) is 0 Å². The van der Waals surface area contributed by atoms with Crippen LogP contribution in [0.3, 0.4) is 0 Å². The van der Waals surface area contributed by atoms with E-state index in [0.29, 0.717) is 0 Å². The summed E-state index contributed by atoms with van der Waals surface area (Å²) in [5.74, 6) is 0. The van der Waals surface area contributed by atoms with Crippen LogP contribution < -0.4 is 9.80 Å². The number of rotatable bonds is 9. The normalized spacial score (nSPS) is 11.4. The highest BCUT2D eigenvalue weighted by Crippen LogP contribution is 2.36. The number of benzene rings is 5. The zero-order chi connectivity index (χ0) is 27.7. The van der Waals surface area contributed by atoms with E-state index in [4.69, 9.17) is 0 Å². The van der Waals surface area contributed by atoms with E-state index in [1.54, 1.807) is 0 Å². The molecular weight excluding hydrogens is 484 g/mol. The van der Waals surface area contributed by atoms with Gasteiger partial charge in [0.05, 0.1) is 0 Å². The van der Waals surface area contributed by atoms with Gasteiger partial charge in [0, 0.05) is 34.1 Å². The van der Waals surface area contributed by atoms with Crippen molar-refractivity contribution in [3.05, 3.63) is 176 Å². The Morgan fingerprint density at radius 2 is 1.07 bits per heavy atom. The highest BCUT2D eigenvalue weighted by Gasteiger charge is 2.14. The van der Waals surface area contributed by atoms with E-state index in [0.717, 1.165) is 34.1 Å². The quantitative estimate of drug-likeness (QED) is 0.179. The van der Waals surface area contributed by atoms with E-state index in [2.05, 4.69) is 157 Å². The molecule has 0 saturated carbocycles. The van der Waals surface area contributed by atoms with Crippen molar-refractivity contribution in [3.63, 3.8) is 0 Å². The second kappa shape index (κ2) is 12.6. The van der Waals surface area contributed by atoms with Gasteiger partial charge in [0.2, 0.25) is 0 Å². The molecule has 0 atom stereocenters. The van der Waals surface area contributed by atoms with Crippen LogP contribution >= 0.6 is 0 Å². The Balaban J connectivity index is 1.47. The first-order chi connectivity index (χ1) is 19.7. The molecule has 0 unspecified atom stereocenters. The summed E-state index contributed by atoms with van der Waals surface area (Å²) in [6, 6.07) is 47.1. The molecule has 2 nitrogen and oxygen atoms in total. The van der Waals surface area contributed by atoms with Gasteiger partial charge in [-0.25, -0.2) is 0 Å². The molecule has 2 heteroatoms. The molecule has 0 N–H and O–H groups in total. The summed E-state index contributed by atoms with van der Waals surface area (Å²) < 4.78 is 0. The molecule has 0 aliphatic rings. The SMILES string of the molecule is C=C/C=C(\C=C/C)N(c1ccc(-c2ccc(N(c3ccccc3)c3ccccc3)cc2)cc1)c1cccc(C)c1. The van der Waals surface area contributed by atoms with E-state index in [1.807, 2.05) is 31.2 Å². The lowest BCUT2D eigenvalue weighted by atomic mass is 10.0. The van der Waals surface area contributed by atoms with Gasteiger partial charge in [-0.05, 0) is 103 Å². The van der Waals surface area contributed by atoms with E-state index in [9.17, 15) is 0 Å². The molecule has 0 heterocycles. The number of hydrogen-bond donors (Lipinski definition) is 0. The van der Waals surface area contributed by atoms with Crippen LogP contribution in [0.15, 0.2) is 170 Å². The van der Waals surface area contributed by atoms with Gasteiger partial charge in [0.15, 0.2) is 0 Å². The Morgan fingerprint density at radius 3 is 1.57 bits per heavy atom. The number of hydrogen-bond acceptors (Lipinski definition) is 2. The van der Waals surface area contributed by atoms with Crippen LogP contribution in [0.2, 0.25) is 0 Å². The van der Waals surface area contributed by atoms with Crippen molar-refractivity contribution in [2.75, 3.05) is 9.80 Å². The third-order valence-electron chi connectivity index (χ3n) is 6.76. The van der Waals surface area contributed by atoms with Crippen molar-refractivity contribution in [3.8, 4) is 11.1 Å². The molecule has 0 radical (unpaired) electrons. The zero-order valence-corrected chi connectivity index (χ0v) is 23.1. The summed E-state index contributed by atoms with van der Waals surface area (Å²) in [6.45, 7) is 8.10. The fourth-order valence-corrected chi connectivity index (χ4v) is 4.92. The number of para-hydroxylation sites is 2. The van der Waals surface area contributed by atoms with Crippen molar-refractivity contribution < 1.29 is 0 Å². The van der Waals surface area contributed by atoms with E-state index < -0.39 is 0 Å². The zero-order valence-electron chi connectivity index (χ0n) is 23.1. The lowest BCUT2D eigenvalue weighted by Crippen LogP contribution is -2.15. The van der Waals surface area contributed by atoms with Crippen LogP contribution in [0.1, 0.15) is 12.5 Å². The molecule has 5 aromatic rings. The Kier molecular flexibility index (Phi) is 8.38. The average molecular weight is 519 g/mol. The van der Waals surface area contributed by atoms with Crippen LogP contribution in [0.25, 0.3) is 11.1 Å². The minimum atomic E-state index is 1.06. The molecule has 0 saturated heterocycles. The van der Waals surface area contributed by atoms with Crippen LogP contribution in [0.4, 0.5) is 28.4 Å². The molecule has 196 valence electrons. The maximum absolute atomic E-state index is 3.94. The van der Waals surface area contributed by atoms with E-state index in [1.165, 1.54) is 16.7 Å². The predicted octanol–water partition coefficient (Wildman–Crippen LogP) is 10.9. The Hall–Kier alpha value is -5.08. The van der Waals surface area contributed by atoms with Gasteiger partial charge in [-0.15, -0.1) is 0 Å². The second-order valence-corrected chi connectivity index (χ2v) is 9.60. The monoisotopic (exact) mass is 518 g/mol. The minimum absolute atomic E-state index is 1.06. The topological polar surface area (TPSA) is 6.48 Å². The average Bonchev–Trinajstić information content (AvgIpc) is 3.00. The summed E-state index contributed by atoms with van der Waals surface area (Å²) >= 11 is 0. The highest BCUT2D eigenvalue weighted by atomic mass is 15.1. The van der Waals surface area contributed by atoms with Crippen LogP contribution in [0.5, 0.6) is 0 Å². The molecule has 0 aromatic heterocycles. The number of allylic oxidation sites excluding steroid dienone is 4. The lowest BCUT2D eigenvalue weighted by molar-refractivity contribution is 1.20. The largest absolute Gasteiger partial charge is 0.311 e. The first-order valence-corrected chi connectivity index (χ1v) is 13.6. The molecule has 5 rings (SSSR count). The number of aryl methyl sites for hydroxylation is 1. The smallest absolute Gasteiger partial charge is 0.0464 e. The predicted molar refractivity (Wildman–Crippen MR) is 173 cm³/mol. The van der Waals surface area contributed by atoms with Crippen molar-refractivity contribution in [1.29, 1.82) is 0 Å². The summed E-state index contributed by atoms with van der Waals surface area (Å²) in [4.78, 5) is 4.54. The molecule has 0 bridgehead atoms. The first kappa shape index (κ1) is 26.5. The molecule has 0 aliphatic carbocycles. The minimum Gasteiger partial charge on any atom is -0.311 e. The Bertz CT molecular complexity index is 1560. The van der Waals surface area contributed by atoms with Gasteiger partial charge in [0.1, 0.15) is 0 Å². The van der Waals surface area contributed by atoms with E-state index in [-0.39, 0.29) is 0 Å².